The van der Waals surface area contributed by atoms with E-state index in [-0.39, 0.29) is 12.5 Å². The topological polar surface area (TPSA) is 48.0 Å². The van der Waals surface area contributed by atoms with E-state index in [1.165, 1.54) is 0 Å². The van der Waals surface area contributed by atoms with Gasteiger partial charge in [0.25, 0.3) is 5.91 Å². The smallest absolute Gasteiger partial charge is 0.272 e. The van der Waals surface area contributed by atoms with Crippen molar-refractivity contribution >= 4 is 22.9 Å². The molecule has 0 saturated heterocycles. The van der Waals surface area contributed by atoms with Crippen molar-refractivity contribution in [2.24, 2.45) is 0 Å². The van der Waals surface area contributed by atoms with Gasteiger partial charge < -0.3 is 19.1 Å². The van der Waals surface area contributed by atoms with Crippen LogP contribution in [0.2, 0.25) is 0 Å². The number of methoxy groups -OCH3 is 1. The first kappa shape index (κ1) is 17.4. The first-order chi connectivity index (χ1) is 13.2. The zero-order valence-electron chi connectivity index (χ0n) is 14.8. The molecule has 2 aromatic carbocycles. The van der Waals surface area contributed by atoms with Crippen LogP contribution in [-0.4, -0.2) is 25.7 Å². The van der Waals surface area contributed by atoms with Crippen LogP contribution in [0.3, 0.4) is 0 Å². The van der Waals surface area contributed by atoms with Gasteiger partial charge in [0.2, 0.25) is 6.10 Å². The summed E-state index contributed by atoms with van der Waals surface area (Å²) < 4.78 is 16.9. The highest BCUT2D eigenvalue weighted by molar-refractivity contribution is 7.09. The average molecular weight is 381 g/mol. The second kappa shape index (κ2) is 7.72. The van der Waals surface area contributed by atoms with Gasteiger partial charge in [-0.1, -0.05) is 18.2 Å². The summed E-state index contributed by atoms with van der Waals surface area (Å²) in [6.07, 6.45) is -0.693. The maximum Gasteiger partial charge on any atom is 0.272 e. The Morgan fingerprint density at radius 2 is 1.89 bits per heavy atom. The number of thiophene rings is 1. The van der Waals surface area contributed by atoms with E-state index in [1.807, 2.05) is 66.0 Å². The van der Waals surface area contributed by atoms with Gasteiger partial charge in [-0.15, -0.1) is 11.3 Å². The molecular formula is C21H19NO4S. The molecule has 0 saturated carbocycles. The molecule has 1 atom stereocenters. The van der Waals surface area contributed by atoms with Crippen LogP contribution in [0.1, 0.15) is 4.88 Å². The Morgan fingerprint density at radius 3 is 2.59 bits per heavy atom. The van der Waals surface area contributed by atoms with Crippen molar-refractivity contribution in [2.45, 2.75) is 12.6 Å². The van der Waals surface area contributed by atoms with E-state index in [0.29, 0.717) is 18.0 Å². The molecule has 4 rings (SSSR count). The lowest BCUT2D eigenvalue weighted by atomic mass is 10.2. The number of carbonyl (C=O) groups is 1. The van der Waals surface area contributed by atoms with Crippen LogP contribution in [-0.2, 0) is 11.3 Å². The molecule has 1 amide bonds. The van der Waals surface area contributed by atoms with Crippen LogP contribution in [0.4, 0.5) is 5.69 Å². The van der Waals surface area contributed by atoms with Gasteiger partial charge in [0, 0.05) is 10.6 Å². The second-order valence-corrected chi connectivity index (χ2v) is 7.10. The number of hydrogen-bond acceptors (Lipinski definition) is 5. The van der Waals surface area contributed by atoms with Crippen molar-refractivity contribution in [1.82, 2.24) is 0 Å². The lowest BCUT2D eigenvalue weighted by molar-refractivity contribution is -0.127. The number of benzene rings is 2. The van der Waals surface area contributed by atoms with Crippen molar-refractivity contribution in [3.63, 3.8) is 0 Å². The third kappa shape index (κ3) is 3.75. The molecule has 138 valence electrons. The van der Waals surface area contributed by atoms with Crippen LogP contribution >= 0.6 is 11.3 Å². The number of amides is 1. The van der Waals surface area contributed by atoms with Crippen molar-refractivity contribution in [1.29, 1.82) is 0 Å². The second-order valence-electron chi connectivity index (χ2n) is 6.07. The SMILES string of the molecule is COc1ccc(N(Cc2cccs2)C(=O)[C@H]2COc3ccccc3O2)cc1. The van der Waals surface area contributed by atoms with E-state index in [4.69, 9.17) is 14.2 Å². The number of ether oxygens (including phenoxy) is 3. The number of anilines is 1. The summed E-state index contributed by atoms with van der Waals surface area (Å²) in [5, 5.41) is 2.00. The summed E-state index contributed by atoms with van der Waals surface area (Å²) in [4.78, 5) is 16.1. The molecular weight excluding hydrogens is 362 g/mol. The summed E-state index contributed by atoms with van der Waals surface area (Å²) in [7, 11) is 1.62. The summed E-state index contributed by atoms with van der Waals surface area (Å²) >= 11 is 1.62. The van der Waals surface area contributed by atoms with Crippen LogP contribution in [0.15, 0.2) is 66.0 Å². The molecule has 0 unspecified atom stereocenters. The van der Waals surface area contributed by atoms with Gasteiger partial charge in [0.1, 0.15) is 12.4 Å². The summed E-state index contributed by atoms with van der Waals surface area (Å²) in [5.74, 6) is 1.86. The monoisotopic (exact) mass is 381 g/mol. The molecule has 2 heterocycles. The Hall–Kier alpha value is -2.99. The molecule has 0 fully saturated rings. The van der Waals surface area contributed by atoms with Gasteiger partial charge in [-0.3, -0.25) is 4.79 Å². The number of rotatable bonds is 5. The molecule has 1 aliphatic rings. The predicted molar refractivity (Wildman–Crippen MR) is 105 cm³/mol. The Balaban J connectivity index is 1.60. The highest BCUT2D eigenvalue weighted by Crippen LogP contribution is 2.32. The van der Waals surface area contributed by atoms with Crippen LogP contribution in [0, 0.1) is 0 Å². The standard InChI is InChI=1S/C21H19NO4S/c1-24-16-10-8-15(9-11-16)22(13-17-5-4-12-27-17)21(23)20-14-25-18-6-2-3-7-19(18)26-20/h2-12,20H,13-14H2,1H3/t20-/m1/s1. The maximum atomic E-state index is 13.3. The van der Waals surface area contributed by atoms with Crippen molar-refractivity contribution in [2.75, 3.05) is 18.6 Å². The first-order valence-corrected chi connectivity index (χ1v) is 9.49. The average Bonchev–Trinajstić information content (AvgIpc) is 3.24. The molecule has 1 aliphatic heterocycles. The van der Waals surface area contributed by atoms with Crippen LogP contribution in [0.5, 0.6) is 17.2 Å². The van der Waals surface area contributed by atoms with Crippen molar-refractivity contribution < 1.29 is 19.0 Å². The van der Waals surface area contributed by atoms with Gasteiger partial charge in [0.15, 0.2) is 11.5 Å². The van der Waals surface area contributed by atoms with E-state index < -0.39 is 6.10 Å². The highest BCUT2D eigenvalue weighted by Gasteiger charge is 2.32. The van der Waals surface area contributed by atoms with Crippen molar-refractivity contribution in [3.05, 3.63) is 70.9 Å². The molecule has 0 aliphatic carbocycles. The van der Waals surface area contributed by atoms with Gasteiger partial charge >= 0.3 is 0 Å². The van der Waals surface area contributed by atoms with E-state index in [2.05, 4.69) is 0 Å². The minimum absolute atomic E-state index is 0.136. The van der Waals surface area contributed by atoms with E-state index in [0.717, 1.165) is 16.3 Å². The lowest BCUT2D eigenvalue weighted by Gasteiger charge is -2.30. The zero-order valence-corrected chi connectivity index (χ0v) is 15.6. The van der Waals surface area contributed by atoms with Gasteiger partial charge in [0.05, 0.1) is 13.7 Å². The number of nitrogens with zero attached hydrogens (tertiary/aromatic N) is 1. The third-order valence-corrected chi connectivity index (χ3v) is 5.19. The molecule has 0 spiro atoms. The minimum atomic E-state index is -0.693. The fraction of sp³-hybridized carbons (Fsp3) is 0.190. The first-order valence-electron chi connectivity index (χ1n) is 8.61. The lowest BCUT2D eigenvalue weighted by Crippen LogP contribution is -2.46. The maximum absolute atomic E-state index is 13.3. The number of para-hydroxylation sites is 2. The quantitative estimate of drug-likeness (QED) is 0.667. The number of fused-ring (bicyclic) bond motifs is 1. The summed E-state index contributed by atoms with van der Waals surface area (Å²) in [6, 6.07) is 18.8. The van der Waals surface area contributed by atoms with Crippen molar-refractivity contribution in [3.8, 4) is 17.2 Å². The highest BCUT2D eigenvalue weighted by atomic mass is 32.1. The molecule has 5 nitrogen and oxygen atoms in total. The van der Waals surface area contributed by atoms with Gasteiger partial charge in [-0.25, -0.2) is 0 Å². The Kier molecular flexibility index (Phi) is 4.98. The minimum Gasteiger partial charge on any atom is -0.497 e. The van der Waals surface area contributed by atoms with Crippen LogP contribution < -0.4 is 19.1 Å². The van der Waals surface area contributed by atoms with E-state index in [9.17, 15) is 4.79 Å². The Morgan fingerprint density at radius 1 is 1.11 bits per heavy atom. The van der Waals surface area contributed by atoms with Crippen LogP contribution in [0.25, 0.3) is 0 Å². The molecule has 0 N–H and O–H groups in total. The molecule has 3 aromatic rings. The third-order valence-electron chi connectivity index (χ3n) is 4.33. The molecule has 0 bridgehead atoms. The fourth-order valence-electron chi connectivity index (χ4n) is 2.93. The number of carbonyl (C=O) groups excluding carboxylic acids is 1. The summed E-state index contributed by atoms with van der Waals surface area (Å²) in [5.41, 5.74) is 0.789. The molecule has 27 heavy (non-hydrogen) atoms. The molecule has 0 radical (unpaired) electrons. The molecule has 6 heteroatoms. The Bertz CT molecular complexity index is 908. The largest absolute Gasteiger partial charge is 0.497 e. The predicted octanol–water partition coefficient (Wildman–Crippen LogP) is 4.13. The zero-order chi connectivity index (χ0) is 18.6. The normalized spacial score (nSPS) is 15.2. The van der Waals surface area contributed by atoms with E-state index >= 15 is 0 Å². The summed E-state index contributed by atoms with van der Waals surface area (Å²) in [6.45, 7) is 0.664. The van der Waals surface area contributed by atoms with Gasteiger partial charge in [-0.2, -0.15) is 0 Å². The fourth-order valence-corrected chi connectivity index (χ4v) is 3.62. The number of hydrogen-bond donors (Lipinski definition) is 0. The Labute approximate surface area is 161 Å². The van der Waals surface area contributed by atoms with E-state index in [1.54, 1.807) is 23.3 Å². The molecule has 1 aromatic heterocycles. The van der Waals surface area contributed by atoms with Gasteiger partial charge in [-0.05, 0) is 47.8 Å².